The molecule has 1 fully saturated rings. The molecule has 2 aromatic rings. The number of carbonyl (C=O) groups excluding carboxylic acids is 1. The fourth-order valence-corrected chi connectivity index (χ4v) is 4.39. The standard InChI is InChI=1S/C27H37Cl2N7O/c1-4-22(8-7-13-33(3)5-2)18-32-26-10-6-9-25(29)36(26)21-31-20-27(37)35-16-14-34(15-17-35)24-11-12-30-19-23(24)28/h4,6-12,19,31H,5,13-18,20-21H2,1-3H3/b8-7-,22-4+,32-26?. The maximum absolute atomic E-state index is 12.8. The van der Waals surface area contributed by atoms with E-state index in [9.17, 15) is 4.79 Å². The average Bonchev–Trinajstić information content (AvgIpc) is 2.92. The summed E-state index contributed by atoms with van der Waals surface area (Å²) in [5.74, 6) is 0.0602. The number of allylic oxidation sites excluding steroid dienone is 1. The molecular formula is C27H37Cl2N7O. The van der Waals surface area contributed by atoms with E-state index in [1.54, 1.807) is 12.4 Å². The number of nitrogens with one attached hydrogen (secondary N) is 1. The van der Waals surface area contributed by atoms with Gasteiger partial charge in [-0.25, -0.2) is 0 Å². The number of pyridine rings is 2. The molecule has 3 rings (SSSR count). The van der Waals surface area contributed by atoms with E-state index in [0.29, 0.717) is 36.5 Å². The van der Waals surface area contributed by atoms with Crippen molar-refractivity contribution in [3.63, 3.8) is 0 Å². The van der Waals surface area contributed by atoms with Gasteiger partial charge in [-0.15, -0.1) is 0 Å². The topological polar surface area (TPSA) is 69.0 Å². The molecule has 0 aromatic carbocycles. The minimum Gasteiger partial charge on any atom is -0.367 e. The lowest BCUT2D eigenvalue weighted by atomic mass is 10.2. The zero-order valence-electron chi connectivity index (χ0n) is 21.9. The lowest BCUT2D eigenvalue weighted by molar-refractivity contribution is -0.130. The highest BCUT2D eigenvalue weighted by Gasteiger charge is 2.22. The van der Waals surface area contributed by atoms with Crippen LogP contribution in [0.4, 0.5) is 5.69 Å². The number of hydrogen-bond donors (Lipinski definition) is 1. The highest BCUT2D eigenvalue weighted by molar-refractivity contribution is 6.33. The van der Waals surface area contributed by atoms with E-state index in [4.69, 9.17) is 28.2 Å². The quantitative estimate of drug-likeness (QED) is 0.346. The Balaban J connectivity index is 1.53. The number of amides is 1. The Kier molecular flexibility index (Phi) is 11.7. The van der Waals surface area contributed by atoms with Gasteiger partial charge in [-0.1, -0.05) is 54.4 Å². The monoisotopic (exact) mass is 545 g/mol. The van der Waals surface area contributed by atoms with E-state index >= 15 is 0 Å². The van der Waals surface area contributed by atoms with Crippen LogP contribution in [0.25, 0.3) is 0 Å². The first-order valence-electron chi connectivity index (χ1n) is 12.6. The van der Waals surface area contributed by atoms with Gasteiger partial charge >= 0.3 is 0 Å². The summed E-state index contributed by atoms with van der Waals surface area (Å²) in [7, 11) is 2.09. The Morgan fingerprint density at radius 3 is 2.70 bits per heavy atom. The van der Waals surface area contributed by atoms with E-state index in [1.807, 2.05) is 40.7 Å². The van der Waals surface area contributed by atoms with Crippen molar-refractivity contribution in [2.75, 3.05) is 64.3 Å². The van der Waals surface area contributed by atoms with Gasteiger partial charge in [0, 0.05) is 45.1 Å². The maximum Gasteiger partial charge on any atom is 0.236 e. The minimum absolute atomic E-state index is 0.0602. The molecule has 1 saturated heterocycles. The van der Waals surface area contributed by atoms with Gasteiger partial charge in [0.05, 0.1) is 30.5 Å². The van der Waals surface area contributed by atoms with Gasteiger partial charge in [0.25, 0.3) is 0 Å². The number of aromatic nitrogens is 2. The SMILES string of the molecule is C/C=C(\C=C/CN(C)CC)CN=c1cccc(Cl)n1CNCC(=O)N1CCN(c2ccncc2Cl)CC1. The first-order chi connectivity index (χ1) is 17.9. The van der Waals surface area contributed by atoms with Crippen LogP contribution in [-0.4, -0.2) is 84.7 Å². The second-order valence-electron chi connectivity index (χ2n) is 8.85. The summed E-state index contributed by atoms with van der Waals surface area (Å²) in [4.78, 5) is 27.9. The minimum atomic E-state index is 0.0602. The van der Waals surface area contributed by atoms with Crippen LogP contribution >= 0.6 is 23.2 Å². The number of anilines is 1. The largest absolute Gasteiger partial charge is 0.367 e. The molecule has 0 unspecified atom stereocenters. The lowest BCUT2D eigenvalue weighted by Crippen LogP contribution is -2.51. The van der Waals surface area contributed by atoms with Crippen LogP contribution in [0, 0.1) is 0 Å². The fourth-order valence-electron chi connectivity index (χ4n) is 3.93. The van der Waals surface area contributed by atoms with Gasteiger partial charge in [-0.2, -0.15) is 0 Å². The van der Waals surface area contributed by atoms with Crippen molar-refractivity contribution >= 4 is 34.8 Å². The van der Waals surface area contributed by atoms with Gasteiger partial charge in [0.1, 0.15) is 10.6 Å². The summed E-state index contributed by atoms with van der Waals surface area (Å²) < 4.78 is 1.88. The molecule has 0 saturated carbocycles. The molecule has 37 heavy (non-hydrogen) atoms. The zero-order valence-corrected chi connectivity index (χ0v) is 23.4. The summed E-state index contributed by atoms with van der Waals surface area (Å²) in [5.41, 5.74) is 2.85. The average molecular weight is 547 g/mol. The Morgan fingerprint density at radius 2 is 2.00 bits per heavy atom. The Bertz CT molecular complexity index is 1150. The summed E-state index contributed by atoms with van der Waals surface area (Å²) in [6, 6.07) is 7.55. The Morgan fingerprint density at radius 1 is 1.22 bits per heavy atom. The first-order valence-corrected chi connectivity index (χ1v) is 13.4. The molecule has 3 heterocycles. The summed E-state index contributed by atoms with van der Waals surface area (Å²) in [6.45, 7) is 9.98. The normalized spacial score (nSPS) is 15.3. The van der Waals surface area contributed by atoms with Crippen LogP contribution in [0.2, 0.25) is 10.2 Å². The fraction of sp³-hybridized carbons (Fsp3) is 0.444. The van der Waals surface area contributed by atoms with Crippen molar-refractivity contribution in [2.24, 2.45) is 4.99 Å². The van der Waals surface area contributed by atoms with Crippen molar-refractivity contribution in [2.45, 2.75) is 20.5 Å². The second kappa shape index (κ2) is 14.9. The Labute approximate surface area is 229 Å². The highest BCUT2D eigenvalue weighted by Crippen LogP contribution is 2.25. The van der Waals surface area contributed by atoms with Crippen LogP contribution < -0.4 is 15.7 Å². The third kappa shape index (κ3) is 8.71. The number of carbonyl (C=O) groups is 1. The van der Waals surface area contributed by atoms with E-state index in [1.165, 1.54) is 0 Å². The third-order valence-electron chi connectivity index (χ3n) is 6.37. The van der Waals surface area contributed by atoms with Crippen LogP contribution in [0.3, 0.4) is 0 Å². The summed E-state index contributed by atoms with van der Waals surface area (Å²) >= 11 is 12.7. The highest BCUT2D eigenvalue weighted by atomic mass is 35.5. The van der Waals surface area contributed by atoms with E-state index in [-0.39, 0.29) is 12.5 Å². The number of rotatable bonds is 11. The van der Waals surface area contributed by atoms with Gasteiger partial charge in [0.2, 0.25) is 5.91 Å². The molecule has 0 radical (unpaired) electrons. The number of nitrogens with zero attached hydrogens (tertiary/aromatic N) is 6. The molecule has 0 bridgehead atoms. The van der Waals surface area contributed by atoms with Crippen LogP contribution in [0.15, 0.2) is 65.5 Å². The molecule has 8 nitrogen and oxygen atoms in total. The molecular weight excluding hydrogens is 509 g/mol. The van der Waals surface area contributed by atoms with Crippen molar-refractivity contribution in [3.8, 4) is 0 Å². The molecule has 0 spiro atoms. The van der Waals surface area contributed by atoms with Crippen LogP contribution in [-0.2, 0) is 11.5 Å². The maximum atomic E-state index is 12.8. The predicted molar refractivity (Wildman–Crippen MR) is 152 cm³/mol. The number of piperazine rings is 1. The van der Waals surface area contributed by atoms with Crippen molar-refractivity contribution in [1.29, 1.82) is 0 Å². The molecule has 10 heteroatoms. The molecule has 2 aromatic heterocycles. The van der Waals surface area contributed by atoms with E-state index < -0.39 is 0 Å². The number of hydrogen-bond acceptors (Lipinski definition) is 6. The van der Waals surface area contributed by atoms with E-state index in [2.05, 4.69) is 52.3 Å². The molecule has 200 valence electrons. The molecule has 1 aliphatic heterocycles. The molecule has 0 aliphatic carbocycles. The smallest absolute Gasteiger partial charge is 0.236 e. The number of likely N-dealkylation sites (N-methyl/N-ethyl adjacent to an activating group) is 1. The van der Waals surface area contributed by atoms with Crippen molar-refractivity contribution in [3.05, 3.63) is 76.1 Å². The predicted octanol–water partition coefficient (Wildman–Crippen LogP) is 3.44. The van der Waals surface area contributed by atoms with Crippen LogP contribution in [0.5, 0.6) is 0 Å². The first kappa shape index (κ1) is 28.9. The van der Waals surface area contributed by atoms with E-state index in [0.717, 1.165) is 42.9 Å². The molecule has 1 amide bonds. The van der Waals surface area contributed by atoms with Crippen molar-refractivity contribution in [1.82, 2.24) is 24.7 Å². The molecule has 1 N–H and O–H groups in total. The third-order valence-corrected chi connectivity index (χ3v) is 6.99. The Hall–Kier alpha value is -2.65. The number of halogens is 2. The van der Waals surface area contributed by atoms with Crippen LogP contribution in [0.1, 0.15) is 13.8 Å². The van der Waals surface area contributed by atoms with Gasteiger partial charge in [0.15, 0.2) is 0 Å². The zero-order chi connectivity index (χ0) is 26.6. The second-order valence-corrected chi connectivity index (χ2v) is 9.65. The summed E-state index contributed by atoms with van der Waals surface area (Å²) in [6.07, 6.45) is 9.72. The molecule has 0 atom stereocenters. The molecule has 1 aliphatic rings. The van der Waals surface area contributed by atoms with Gasteiger partial charge < -0.3 is 19.3 Å². The van der Waals surface area contributed by atoms with Gasteiger partial charge in [-0.3, -0.25) is 20.1 Å². The van der Waals surface area contributed by atoms with Crippen molar-refractivity contribution < 1.29 is 4.79 Å². The lowest BCUT2D eigenvalue weighted by Gasteiger charge is -2.36. The summed E-state index contributed by atoms with van der Waals surface area (Å²) in [5, 5.41) is 4.43. The van der Waals surface area contributed by atoms with Gasteiger partial charge in [-0.05, 0) is 44.3 Å².